The molecule has 0 radical (unpaired) electrons. The maximum absolute atomic E-state index is 6.04. The van der Waals surface area contributed by atoms with Gasteiger partial charge in [-0.05, 0) is 42.9 Å². The lowest BCUT2D eigenvalue weighted by Gasteiger charge is -2.37. The Hall–Kier alpha value is -2.49. The van der Waals surface area contributed by atoms with Crippen LogP contribution in [0, 0.1) is 6.92 Å². The van der Waals surface area contributed by atoms with Crippen LogP contribution in [-0.2, 0) is 6.54 Å². The van der Waals surface area contributed by atoms with Crippen molar-refractivity contribution in [1.29, 1.82) is 0 Å². The van der Waals surface area contributed by atoms with Gasteiger partial charge in [-0.1, -0.05) is 42.5 Å². The second kappa shape index (κ2) is 7.39. The van der Waals surface area contributed by atoms with Crippen LogP contribution in [0.25, 0.3) is 0 Å². The van der Waals surface area contributed by atoms with Crippen LogP contribution >= 0.6 is 0 Å². The number of nitrogens with zero attached hydrogens (tertiary/aromatic N) is 1. The van der Waals surface area contributed by atoms with Crippen molar-refractivity contribution < 1.29 is 4.74 Å². The molecule has 0 atom stereocenters. The Morgan fingerprint density at radius 2 is 1.88 bits per heavy atom. The molecular formula is C20H25N3O. The zero-order valence-corrected chi connectivity index (χ0v) is 14.3. The van der Waals surface area contributed by atoms with Gasteiger partial charge >= 0.3 is 0 Å². The van der Waals surface area contributed by atoms with Gasteiger partial charge in [0, 0.05) is 11.6 Å². The lowest BCUT2D eigenvalue weighted by molar-refractivity contribution is 0.322. The van der Waals surface area contributed by atoms with Crippen LogP contribution in [0.15, 0.2) is 53.5 Å². The van der Waals surface area contributed by atoms with E-state index in [-0.39, 0.29) is 0 Å². The summed E-state index contributed by atoms with van der Waals surface area (Å²) in [5.74, 6) is 1.98. The van der Waals surface area contributed by atoms with Crippen molar-refractivity contribution >= 4 is 5.96 Å². The molecule has 0 heterocycles. The van der Waals surface area contributed by atoms with Crippen molar-refractivity contribution in [3.63, 3.8) is 0 Å². The van der Waals surface area contributed by atoms with Gasteiger partial charge in [0.1, 0.15) is 5.75 Å². The third kappa shape index (κ3) is 3.70. The molecule has 0 unspecified atom stereocenters. The normalized spacial score (nSPS) is 20.3. The van der Waals surface area contributed by atoms with Crippen LogP contribution in [0.5, 0.6) is 5.75 Å². The van der Waals surface area contributed by atoms with E-state index in [0.29, 0.717) is 24.5 Å². The number of aryl methyl sites for hydroxylation is 1. The lowest BCUT2D eigenvalue weighted by Crippen LogP contribution is -2.46. The Bertz CT molecular complexity index is 720. The molecule has 0 amide bonds. The van der Waals surface area contributed by atoms with Crippen molar-refractivity contribution in [3.05, 3.63) is 65.2 Å². The van der Waals surface area contributed by atoms with Crippen molar-refractivity contribution in [1.82, 2.24) is 5.32 Å². The fraction of sp³-hybridized carbons (Fsp3) is 0.350. The first-order valence-corrected chi connectivity index (χ1v) is 8.41. The number of aliphatic imine (C=N–C) groups is 1. The van der Waals surface area contributed by atoms with E-state index < -0.39 is 0 Å². The summed E-state index contributed by atoms with van der Waals surface area (Å²) < 4.78 is 5.33. The first-order valence-electron chi connectivity index (χ1n) is 8.41. The summed E-state index contributed by atoms with van der Waals surface area (Å²) >= 11 is 0. The van der Waals surface area contributed by atoms with E-state index >= 15 is 0 Å². The predicted molar refractivity (Wildman–Crippen MR) is 98.4 cm³/mol. The number of methoxy groups -OCH3 is 1. The summed E-state index contributed by atoms with van der Waals surface area (Å²) in [5, 5.41) is 3.33. The fourth-order valence-corrected chi connectivity index (χ4v) is 3.29. The van der Waals surface area contributed by atoms with Gasteiger partial charge in [-0.25, -0.2) is 4.99 Å². The number of nitrogens with two attached hydrogens (primary N) is 1. The number of rotatable bonds is 5. The summed E-state index contributed by atoms with van der Waals surface area (Å²) in [6.07, 6.45) is 2.21. The van der Waals surface area contributed by atoms with Crippen LogP contribution in [0.1, 0.15) is 35.4 Å². The summed E-state index contributed by atoms with van der Waals surface area (Å²) in [6, 6.07) is 16.9. The summed E-state index contributed by atoms with van der Waals surface area (Å²) in [7, 11) is 1.67. The maximum atomic E-state index is 6.04. The van der Waals surface area contributed by atoms with E-state index in [1.54, 1.807) is 7.11 Å². The van der Waals surface area contributed by atoms with Gasteiger partial charge in [0.15, 0.2) is 5.96 Å². The molecule has 1 saturated carbocycles. The summed E-state index contributed by atoms with van der Waals surface area (Å²) in [6.45, 7) is 2.70. The minimum atomic E-state index is 0.413. The zero-order chi connectivity index (χ0) is 16.9. The number of benzene rings is 2. The molecule has 4 nitrogen and oxygen atoms in total. The van der Waals surface area contributed by atoms with Gasteiger partial charge < -0.3 is 15.8 Å². The number of hydrogen-bond donors (Lipinski definition) is 2. The van der Waals surface area contributed by atoms with Crippen LogP contribution in [0.4, 0.5) is 0 Å². The van der Waals surface area contributed by atoms with Gasteiger partial charge in [-0.15, -0.1) is 0 Å². The predicted octanol–water partition coefficient (Wildman–Crippen LogP) is 3.35. The van der Waals surface area contributed by atoms with Gasteiger partial charge in [0.2, 0.25) is 0 Å². The third-order valence-electron chi connectivity index (χ3n) is 4.73. The largest absolute Gasteiger partial charge is 0.496 e. The van der Waals surface area contributed by atoms with Crippen LogP contribution < -0.4 is 15.8 Å². The number of ether oxygens (including phenoxy) is 1. The molecular weight excluding hydrogens is 298 g/mol. The molecule has 2 aromatic carbocycles. The smallest absolute Gasteiger partial charge is 0.189 e. The van der Waals surface area contributed by atoms with Crippen LogP contribution in [0.2, 0.25) is 0 Å². The third-order valence-corrected chi connectivity index (χ3v) is 4.73. The summed E-state index contributed by atoms with van der Waals surface area (Å²) in [4.78, 5) is 4.44. The molecule has 1 aliphatic carbocycles. The van der Waals surface area contributed by atoms with E-state index in [1.807, 2.05) is 24.3 Å². The van der Waals surface area contributed by atoms with Crippen LogP contribution in [0.3, 0.4) is 0 Å². The second-order valence-electron chi connectivity index (χ2n) is 6.38. The SMILES string of the molecule is COc1ccccc1CN=C(N)NC1CC(c2ccccc2C)C1. The monoisotopic (exact) mass is 323 g/mol. The molecule has 0 saturated heterocycles. The molecule has 1 aliphatic rings. The molecule has 2 aromatic rings. The number of hydrogen-bond acceptors (Lipinski definition) is 2. The first-order chi connectivity index (χ1) is 11.7. The van der Waals surface area contributed by atoms with Gasteiger partial charge in [-0.3, -0.25) is 0 Å². The highest BCUT2D eigenvalue weighted by Crippen LogP contribution is 2.38. The maximum Gasteiger partial charge on any atom is 0.189 e. The Kier molecular flexibility index (Phi) is 5.04. The fourth-order valence-electron chi connectivity index (χ4n) is 3.29. The molecule has 24 heavy (non-hydrogen) atoms. The quantitative estimate of drug-likeness (QED) is 0.655. The molecule has 3 rings (SSSR count). The topological polar surface area (TPSA) is 59.6 Å². The minimum Gasteiger partial charge on any atom is -0.496 e. The second-order valence-corrected chi connectivity index (χ2v) is 6.38. The molecule has 126 valence electrons. The van der Waals surface area contributed by atoms with Crippen molar-refractivity contribution in [2.45, 2.75) is 38.3 Å². The minimum absolute atomic E-state index is 0.413. The van der Waals surface area contributed by atoms with E-state index in [4.69, 9.17) is 10.5 Å². The highest BCUT2D eigenvalue weighted by Gasteiger charge is 2.31. The molecule has 4 heteroatoms. The number of para-hydroxylation sites is 1. The molecule has 3 N–H and O–H groups in total. The first kappa shape index (κ1) is 16.4. The Balaban J connectivity index is 1.51. The average molecular weight is 323 g/mol. The Morgan fingerprint density at radius 3 is 2.62 bits per heavy atom. The van der Waals surface area contributed by atoms with Crippen molar-refractivity contribution in [3.8, 4) is 5.75 Å². The highest BCUT2D eigenvalue weighted by molar-refractivity contribution is 5.78. The molecule has 1 fully saturated rings. The molecule has 0 aromatic heterocycles. The van der Waals surface area contributed by atoms with E-state index in [1.165, 1.54) is 11.1 Å². The van der Waals surface area contributed by atoms with Crippen molar-refractivity contribution in [2.24, 2.45) is 10.7 Å². The Labute approximate surface area is 143 Å². The van der Waals surface area contributed by atoms with E-state index in [2.05, 4.69) is 41.5 Å². The number of nitrogens with one attached hydrogen (secondary N) is 1. The standard InChI is InChI=1S/C20H25N3O/c1-14-7-3-5-9-18(14)16-11-17(12-16)23-20(21)22-13-15-8-4-6-10-19(15)24-2/h3-10,16-17H,11-13H2,1-2H3,(H3,21,22,23). The zero-order valence-electron chi connectivity index (χ0n) is 14.3. The van der Waals surface area contributed by atoms with Gasteiger partial charge in [-0.2, -0.15) is 0 Å². The average Bonchev–Trinajstić information content (AvgIpc) is 2.57. The van der Waals surface area contributed by atoms with Crippen molar-refractivity contribution in [2.75, 3.05) is 7.11 Å². The van der Waals surface area contributed by atoms with Crippen LogP contribution in [-0.4, -0.2) is 19.1 Å². The molecule has 0 spiro atoms. The summed E-state index contributed by atoms with van der Waals surface area (Å²) in [5.41, 5.74) is 9.91. The Morgan fingerprint density at radius 1 is 1.17 bits per heavy atom. The van der Waals surface area contributed by atoms with E-state index in [9.17, 15) is 0 Å². The molecule has 0 bridgehead atoms. The number of guanidine groups is 1. The van der Waals surface area contributed by atoms with E-state index in [0.717, 1.165) is 24.2 Å². The van der Waals surface area contributed by atoms with Gasteiger partial charge in [0.05, 0.1) is 13.7 Å². The highest BCUT2D eigenvalue weighted by atomic mass is 16.5. The molecule has 0 aliphatic heterocycles. The lowest BCUT2D eigenvalue weighted by atomic mass is 9.74. The van der Waals surface area contributed by atoms with Gasteiger partial charge in [0.25, 0.3) is 0 Å².